The fraction of sp³-hybridized carbons (Fsp3) is 0.714. The third-order valence-electron chi connectivity index (χ3n) is 2.07. The van der Waals surface area contributed by atoms with Crippen molar-refractivity contribution >= 4 is 27.7 Å². The van der Waals surface area contributed by atoms with E-state index in [1.165, 1.54) is 23.3 Å². The molecule has 0 amide bonds. The molecule has 1 saturated heterocycles. The Morgan fingerprint density at radius 1 is 1.70 bits per heavy atom. The molecule has 0 aliphatic carbocycles. The second-order valence-corrected chi connectivity index (χ2v) is 5.44. The number of thioether (sulfide) groups is 1. The zero-order valence-electron chi connectivity index (χ0n) is 5.64. The molecule has 56 valence electrons. The van der Waals surface area contributed by atoms with Crippen LogP contribution in [0.3, 0.4) is 0 Å². The molecule has 0 unspecified atom stereocenters. The molecule has 0 bridgehead atoms. The molecule has 1 nitrogen and oxygen atoms in total. The number of hydrogen-bond acceptors (Lipinski definition) is 2. The summed E-state index contributed by atoms with van der Waals surface area (Å²) < 4.78 is 1.34. The van der Waals surface area contributed by atoms with Crippen LogP contribution in [0.2, 0.25) is 0 Å². The molecular weight excluding hydrogens is 210 g/mol. The summed E-state index contributed by atoms with van der Waals surface area (Å²) in [5, 5.41) is 4.26. The minimum atomic E-state index is 0.785. The third-order valence-corrected chi connectivity index (χ3v) is 4.15. The molecule has 0 saturated carbocycles. The van der Waals surface area contributed by atoms with Gasteiger partial charge in [0, 0.05) is 21.5 Å². The van der Waals surface area contributed by atoms with Gasteiger partial charge in [-0.05, 0) is 28.9 Å². The zero-order chi connectivity index (χ0) is 6.97. The van der Waals surface area contributed by atoms with Gasteiger partial charge in [-0.3, -0.25) is 0 Å². The smallest absolute Gasteiger partial charge is 0.0469 e. The van der Waals surface area contributed by atoms with Gasteiger partial charge in [0.25, 0.3) is 0 Å². The zero-order valence-corrected chi connectivity index (χ0v) is 8.04. The van der Waals surface area contributed by atoms with Crippen LogP contribution < -0.4 is 5.32 Å². The molecule has 2 aliphatic heterocycles. The number of hydrogen-bond donors (Lipinski definition) is 1. The van der Waals surface area contributed by atoms with Gasteiger partial charge in [0.2, 0.25) is 0 Å². The number of fused-ring (bicyclic) bond motifs is 1. The summed E-state index contributed by atoms with van der Waals surface area (Å²) in [6.45, 7) is 2.37. The summed E-state index contributed by atoms with van der Waals surface area (Å²) in [5.74, 6) is 0.785. The average Bonchev–Trinajstić information content (AvgIpc) is 2.27. The highest BCUT2D eigenvalue weighted by Gasteiger charge is 2.29. The second kappa shape index (κ2) is 2.88. The van der Waals surface area contributed by atoms with Gasteiger partial charge in [-0.1, -0.05) is 6.08 Å². The summed E-state index contributed by atoms with van der Waals surface area (Å²) in [7, 11) is 0. The first-order chi connectivity index (χ1) is 4.86. The van der Waals surface area contributed by atoms with Crippen molar-refractivity contribution in [3.8, 4) is 0 Å². The van der Waals surface area contributed by atoms with Crippen LogP contribution in [0.5, 0.6) is 0 Å². The van der Waals surface area contributed by atoms with Crippen molar-refractivity contribution in [1.29, 1.82) is 0 Å². The van der Waals surface area contributed by atoms with E-state index < -0.39 is 0 Å². The molecule has 0 aromatic rings. The Hall–Kier alpha value is 0.530. The quantitative estimate of drug-likeness (QED) is 0.669. The molecular formula is C7H10BrNS. The van der Waals surface area contributed by atoms with Crippen LogP contribution in [-0.4, -0.2) is 18.3 Å². The van der Waals surface area contributed by atoms with Crippen molar-refractivity contribution < 1.29 is 0 Å². The van der Waals surface area contributed by atoms with Gasteiger partial charge in [-0.25, -0.2) is 0 Å². The van der Waals surface area contributed by atoms with E-state index >= 15 is 0 Å². The maximum absolute atomic E-state index is 3.52. The van der Waals surface area contributed by atoms with Crippen molar-refractivity contribution in [1.82, 2.24) is 5.32 Å². The molecule has 0 radical (unpaired) electrons. The van der Waals surface area contributed by atoms with Crippen LogP contribution in [-0.2, 0) is 0 Å². The lowest BCUT2D eigenvalue weighted by Gasteiger charge is -2.24. The summed E-state index contributed by atoms with van der Waals surface area (Å²) in [4.78, 5) is 0. The van der Waals surface area contributed by atoms with Gasteiger partial charge < -0.3 is 5.32 Å². The Bertz CT molecular complexity index is 169. The van der Waals surface area contributed by atoms with Gasteiger partial charge in [-0.2, -0.15) is 0 Å². The van der Waals surface area contributed by atoms with E-state index in [4.69, 9.17) is 0 Å². The Kier molecular flexibility index (Phi) is 2.07. The first-order valence-corrected chi connectivity index (χ1v) is 5.28. The summed E-state index contributed by atoms with van der Waals surface area (Å²) >= 11 is 5.51. The molecule has 0 spiro atoms. The van der Waals surface area contributed by atoms with E-state index in [1.807, 2.05) is 11.8 Å². The number of nitrogens with one attached hydrogen (secondary N) is 1. The van der Waals surface area contributed by atoms with E-state index in [1.54, 1.807) is 0 Å². The highest BCUT2D eigenvalue weighted by atomic mass is 79.9. The predicted molar refractivity (Wildman–Crippen MR) is 49.4 cm³/mol. The second-order valence-electron chi connectivity index (χ2n) is 2.78. The van der Waals surface area contributed by atoms with Crippen molar-refractivity contribution in [2.45, 2.75) is 11.7 Å². The van der Waals surface area contributed by atoms with Crippen molar-refractivity contribution in [2.24, 2.45) is 5.92 Å². The normalized spacial score (nSPS) is 39.1. The Morgan fingerprint density at radius 2 is 2.60 bits per heavy atom. The largest absolute Gasteiger partial charge is 0.316 e. The van der Waals surface area contributed by atoms with Crippen LogP contribution >= 0.6 is 27.7 Å². The molecule has 2 atom stereocenters. The van der Waals surface area contributed by atoms with E-state index in [-0.39, 0.29) is 0 Å². The van der Waals surface area contributed by atoms with Crippen LogP contribution in [0.1, 0.15) is 6.42 Å². The predicted octanol–water partition coefficient (Wildman–Crippen LogP) is 1.95. The summed E-state index contributed by atoms with van der Waals surface area (Å²) in [6.07, 6.45) is 3.66. The van der Waals surface area contributed by atoms with E-state index in [2.05, 4.69) is 27.3 Å². The lowest BCUT2D eigenvalue weighted by atomic mass is 10.00. The van der Waals surface area contributed by atoms with Gasteiger partial charge in [0.1, 0.15) is 0 Å². The number of rotatable bonds is 0. The summed E-state index contributed by atoms with van der Waals surface area (Å²) in [6, 6.07) is 0. The lowest BCUT2D eigenvalue weighted by molar-refractivity contribution is 0.456. The molecule has 0 aromatic heterocycles. The first-order valence-electron chi connectivity index (χ1n) is 3.61. The van der Waals surface area contributed by atoms with Crippen LogP contribution in [0.25, 0.3) is 0 Å². The topological polar surface area (TPSA) is 12.0 Å². The van der Waals surface area contributed by atoms with Crippen LogP contribution in [0.4, 0.5) is 0 Å². The molecule has 3 heteroatoms. The van der Waals surface area contributed by atoms with Gasteiger partial charge in [0.05, 0.1) is 0 Å². The SMILES string of the molecule is BrC1=C[C@H]2CNCC[C@H]2S1. The molecule has 10 heavy (non-hydrogen) atoms. The van der Waals surface area contributed by atoms with E-state index in [0.717, 1.165) is 11.2 Å². The fourth-order valence-corrected chi connectivity index (χ4v) is 3.71. The minimum Gasteiger partial charge on any atom is -0.316 e. The number of halogens is 1. The summed E-state index contributed by atoms with van der Waals surface area (Å²) in [5.41, 5.74) is 0. The third kappa shape index (κ3) is 1.27. The highest BCUT2D eigenvalue weighted by Crippen LogP contribution is 2.42. The molecule has 2 heterocycles. The first kappa shape index (κ1) is 7.19. The molecule has 2 aliphatic rings. The average molecular weight is 220 g/mol. The Balaban J connectivity index is 2.06. The van der Waals surface area contributed by atoms with Crippen molar-refractivity contribution in [3.05, 3.63) is 9.89 Å². The van der Waals surface area contributed by atoms with Gasteiger partial charge in [-0.15, -0.1) is 11.8 Å². The fourth-order valence-electron chi connectivity index (χ4n) is 1.52. The van der Waals surface area contributed by atoms with E-state index in [0.29, 0.717) is 0 Å². The Morgan fingerprint density at radius 3 is 3.40 bits per heavy atom. The van der Waals surface area contributed by atoms with Gasteiger partial charge >= 0.3 is 0 Å². The monoisotopic (exact) mass is 219 g/mol. The molecule has 1 fully saturated rings. The maximum atomic E-state index is 3.52. The standard InChI is InChI=1S/C7H10BrNS/c8-7-3-5-4-9-2-1-6(5)10-7/h3,5-6,9H,1-2,4H2/t5-,6+/m0/s1. The molecule has 0 aromatic carbocycles. The number of piperidine rings is 1. The van der Waals surface area contributed by atoms with E-state index in [9.17, 15) is 0 Å². The minimum absolute atomic E-state index is 0.785. The molecule has 1 N–H and O–H groups in total. The van der Waals surface area contributed by atoms with Crippen LogP contribution in [0, 0.1) is 5.92 Å². The van der Waals surface area contributed by atoms with Crippen LogP contribution in [0.15, 0.2) is 9.89 Å². The van der Waals surface area contributed by atoms with Crippen molar-refractivity contribution in [2.75, 3.05) is 13.1 Å². The lowest BCUT2D eigenvalue weighted by Crippen LogP contribution is -2.35. The highest BCUT2D eigenvalue weighted by molar-refractivity contribution is 9.14. The molecule has 2 rings (SSSR count). The van der Waals surface area contributed by atoms with Crippen molar-refractivity contribution in [3.63, 3.8) is 0 Å². The Labute approximate surface area is 73.8 Å². The maximum Gasteiger partial charge on any atom is 0.0469 e. The van der Waals surface area contributed by atoms with Gasteiger partial charge in [0.15, 0.2) is 0 Å².